The number of hydrogen-bond donors (Lipinski definition) is 0. The third kappa shape index (κ3) is 2.35. The molecule has 0 amide bonds. The Balaban J connectivity index is 1.70. The minimum absolute atomic E-state index is 0.00463. The van der Waals surface area contributed by atoms with E-state index in [0.717, 1.165) is 53.3 Å². The number of aryl methyl sites for hydroxylation is 2. The molecule has 4 aromatic rings. The zero-order valence-electron chi connectivity index (χ0n) is 16.3. The van der Waals surface area contributed by atoms with E-state index in [9.17, 15) is 4.79 Å². The zero-order valence-corrected chi connectivity index (χ0v) is 16.3. The monoisotopic (exact) mass is 374 g/mol. The van der Waals surface area contributed by atoms with Crippen LogP contribution in [0.5, 0.6) is 0 Å². The lowest BCUT2D eigenvalue weighted by Gasteiger charge is -2.27. The summed E-state index contributed by atoms with van der Waals surface area (Å²) < 4.78 is 3.83. The highest BCUT2D eigenvalue weighted by molar-refractivity contribution is 5.88. The molecule has 1 aliphatic heterocycles. The summed E-state index contributed by atoms with van der Waals surface area (Å²) in [6.45, 7) is 2.95. The van der Waals surface area contributed by atoms with Gasteiger partial charge in [0.05, 0.1) is 22.5 Å². The third-order valence-corrected chi connectivity index (χ3v) is 5.88. The first-order chi connectivity index (χ1) is 13.6. The van der Waals surface area contributed by atoms with Crippen LogP contribution in [0, 0.1) is 6.92 Å². The van der Waals surface area contributed by atoms with Gasteiger partial charge in [0, 0.05) is 26.3 Å². The second-order valence-corrected chi connectivity index (χ2v) is 7.48. The molecule has 1 saturated heterocycles. The normalized spacial score (nSPS) is 17.1. The van der Waals surface area contributed by atoms with Crippen LogP contribution in [-0.4, -0.2) is 30.6 Å². The molecular formula is C21H22N6O. The van der Waals surface area contributed by atoms with Gasteiger partial charge in [0.2, 0.25) is 0 Å². The van der Waals surface area contributed by atoms with Gasteiger partial charge in [0.25, 0.3) is 5.56 Å². The minimum atomic E-state index is -0.00463. The molecule has 0 aliphatic carbocycles. The number of benzene rings is 1. The first-order valence-corrected chi connectivity index (χ1v) is 9.55. The van der Waals surface area contributed by atoms with E-state index >= 15 is 0 Å². The van der Waals surface area contributed by atoms with Crippen LogP contribution in [-0.2, 0) is 14.1 Å². The van der Waals surface area contributed by atoms with E-state index in [1.165, 1.54) is 0 Å². The molecule has 7 heteroatoms. The fourth-order valence-electron chi connectivity index (χ4n) is 4.31. The van der Waals surface area contributed by atoms with Crippen molar-refractivity contribution in [3.05, 3.63) is 58.5 Å². The topological polar surface area (TPSA) is 68.8 Å². The van der Waals surface area contributed by atoms with E-state index in [0.29, 0.717) is 5.39 Å². The van der Waals surface area contributed by atoms with Crippen LogP contribution in [0.1, 0.15) is 30.4 Å². The first-order valence-electron chi connectivity index (χ1n) is 9.55. The summed E-state index contributed by atoms with van der Waals surface area (Å²) in [4.78, 5) is 29.1. The van der Waals surface area contributed by atoms with Crippen molar-refractivity contribution in [2.45, 2.75) is 25.8 Å². The number of para-hydroxylation sites is 1. The summed E-state index contributed by atoms with van der Waals surface area (Å²) in [5, 5.41) is 0.654. The summed E-state index contributed by atoms with van der Waals surface area (Å²) in [6.07, 6.45) is 3.59. The van der Waals surface area contributed by atoms with Crippen LogP contribution < -0.4 is 10.5 Å². The second-order valence-electron chi connectivity index (χ2n) is 7.48. The lowest BCUT2D eigenvalue weighted by atomic mass is 10.1. The third-order valence-electron chi connectivity index (χ3n) is 5.88. The van der Waals surface area contributed by atoms with E-state index in [1.807, 2.05) is 38.4 Å². The first kappa shape index (κ1) is 16.9. The molecule has 1 atom stereocenters. The van der Waals surface area contributed by atoms with Crippen LogP contribution in [0.4, 0.5) is 5.82 Å². The number of rotatable bonds is 2. The standard InChI is InChI=1S/C21H22N6O/c1-13-11-16-18(25(13)2)20(23-12-22-16)27-10-6-9-17(27)19-24-15-8-5-4-7-14(15)21(28)26(19)3/h4-5,7-8,11-12,17H,6,9-10H2,1-3H3. The fraction of sp³-hybridized carbons (Fsp3) is 0.333. The minimum Gasteiger partial charge on any atom is -0.345 e. The Labute approximate surface area is 162 Å². The van der Waals surface area contributed by atoms with Crippen LogP contribution in [0.15, 0.2) is 41.5 Å². The molecule has 3 aromatic heterocycles. The fourth-order valence-corrected chi connectivity index (χ4v) is 4.31. The molecule has 1 aromatic carbocycles. The van der Waals surface area contributed by atoms with E-state index in [4.69, 9.17) is 4.98 Å². The van der Waals surface area contributed by atoms with Crippen molar-refractivity contribution in [2.75, 3.05) is 11.4 Å². The SMILES string of the molecule is Cc1cc2ncnc(N3CCCC3c3nc4ccccc4c(=O)n3C)c2n1C. The molecule has 1 unspecified atom stereocenters. The van der Waals surface area contributed by atoms with Gasteiger partial charge in [-0.05, 0) is 38.0 Å². The molecule has 142 valence electrons. The van der Waals surface area contributed by atoms with Gasteiger partial charge in [-0.3, -0.25) is 9.36 Å². The number of hydrogen-bond acceptors (Lipinski definition) is 5. The average Bonchev–Trinajstić information content (AvgIpc) is 3.30. The average molecular weight is 374 g/mol. The van der Waals surface area contributed by atoms with Crippen molar-refractivity contribution in [1.29, 1.82) is 0 Å². The Morgan fingerprint density at radius 1 is 1.07 bits per heavy atom. The van der Waals surface area contributed by atoms with Crippen LogP contribution in [0.25, 0.3) is 21.9 Å². The van der Waals surface area contributed by atoms with Gasteiger partial charge in [0.1, 0.15) is 17.7 Å². The highest BCUT2D eigenvalue weighted by Crippen LogP contribution is 2.37. The van der Waals surface area contributed by atoms with Crippen molar-refractivity contribution >= 4 is 27.8 Å². The quantitative estimate of drug-likeness (QED) is 0.540. The Morgan fingerprint density at radius 3 is 2.75 bits per heavy atom. The van der Waals surface area contributed by atoms with Gasteiger partial charge in [0.15, 0.2) is 5.82 Å². The molecule has 1 aliphatic rings. The Morgan fingerprint density at radius 2 is 1.89 bits per heavy atom. The number of anilines is 1. The molecule has 7 nitrogen and oxygen atoms in total. The number of nitrogens with zero attached hydrogens (tertiary/aromatic N) is 6. The van der Waals surface area contributed by atoms with Crippen LogP contribution >= 0.6 is 0 Å². The predicted octanol–water partition coefficient (Wildman–Crippen LogP) is 2.87. The van der Waals surface area contributed by atoms with E-state index in [1.54, 1.807) is 10.9 Å². The molecule has 0 radical (unpaired) electrons. The van der Waals surface area contributed by atoms with Gasteiger partial charge < -0.3 is 9.47 Å². The summed E-state index contributed by atoms with van der Waals surface area (Å²) >= 11 is 0. The molecule has 5 rings (SSSR count). The van der Waals surface area contributed by atoms with Gasteiger partial charge in [-0.25, -0.2) is 15.0 Å². The molecule has 4 heterocycles. The Bertz CT molecular complexity index is 1270. The maximum atomic E-state index is 12.9. The molecule has 0 N–H and O–H groups in total. The highest BCUT2D eigenvalue weighted by Gasteiger charge is 2.32. The Hall–Kier alpha value is -3.22. The molecular weight excluding hydrogens is 352 g/mol. The Kier molecular flexibility index (Phi) is 3.72. The summed E-state index contributed by atoms with van der Waals surface area (Å²) in [7, 11) is 3.86. The van der Waals surface area contributed by atoms with Crippen LogP contribution in [0.2, 0.25) is 0 Å². The smallest absolute Gasteiger partial charge is 0.261 e. The summed E-state index contributed by atoms with van der Waals surface area (Å²) in [5.74, 6) is 1.70. The lowest BCUT2D eigenvalue weighted by Crippen LogP contribution is -2.31. The van der Waals surface area contributed by atoms with Crippen molar-refractivity contribution in [2.24, 2.45) is 14.1 Å². The summed E-state index contributed by atoms with van der Waals surface area (Å²) in [5.41, 5.74) is 3.85. The van der Waals surface area contributed by atoms with Gasteiger partial charge >= 0.3 is 0 Å². The zero-order chi connectivity index (χ0) is 19.4. The van der Waals surface area contributed by atoms with Gasteiger partial charge in [-0.15, -0.1) is 0 Å². The predicted molar refractivity (Wildman–Crippen MR) is 110 cm³/mol. The largest absolute Gasteiger partial charge is 0.345 e. The molecule has 1 fully saturated rings. The number of fused-ring (bicyclic) bond motifs is 2. The molecule has 0 spiro atoms. The maximum absolute atomic E-state index is 12.9. The van der Waals surface area contributed by atoms with E-state index < -0.39 is 0 Å². The molecule has 28 heavy (non-hydrogen) atoms. The van der Waals surface area contributed by atoms with Crippen molar-refractivity contribution < 1.29 is 0 Å². The van der Waals surface area contributed by atoms with E-state index in [-0.39, 0.29) is 11.6 Å². The van der Waals surface area contributed by atoms with E-state index in [2.05, 4.69) is 32.4 Å². The highest BCUT2D eigenvalue weighted by atomic mass is 16.1. The van der Waals surface area contributed by atoms with Crippen LogP contribution in [0.3, 0.4) is 0 Å². The van der Waals surface area contributed by atoms with Gasteiger partial charge in [-0.1, -0.05) is 12.1 Å². The van der Waals surface area contributed by atoms with Gasteiger partial charge in [-0.2, -0.15) is 0 Å². The van der Waals surface area contributed by atoms with Crippen molar-refractivity contribution in [3.63, 3.8) is 0 Å². The van der Waals surface area contributed by atoms with Crippen molar-refractivity contribution in [1.82, 2.24) is 24.1 Å². The maximum Gasteiger partial charge on any atom is 0.261 e. The lowest BCUT2D eigenvalue weighted by molar-refractivity contribution is 0.607. The number of aromatic nitrogens is 5. The summed E-state index contributed by atoms with van der Waals surface area (Å²) in [6, 6.07) is 9.63. The molecule has 0 bridgehead atoms. The second kappa shape index (κ2) is 6.15. The molecule has 0 saturated carbocycles. The van der Waals surface area contributed by atoms with Crippen molar-refractivity contribution in [3.8, 4) is 0 Å².